The van der Waals surface area contributed by atoms with Gasteiger partial charge in [-0.2, -0.15) is 0 Å². The van der Waals surface area contributed by atoms with Gasteiger partial charge in [0.05, 0.1) is 6.10 Å². The zero-order chi connectivity index (χ0) is 12.3. The number of rotatable bonds is 3. The van der Waals surface area contributed by atoms with Crippen molar-refractivity contribution in [2.24, 2.45) is 5.41 Å². The third kappa shape index (κ3) is 3.74. The number of phenolic OH excluding ortho intramolecular Hbond substituents is 2. The van der Waals surface area contributed by atoms with Crippen LogP contribution in [0, 0.1) is 5.41 Å². The molecule has 3 nitrogen and oxygen atoms in total. The van der Waals surface area contributed by atoms with E-state index in [-0.39, 0.29) is 16.9 Å². The first kappa shape index (κ1) is 12.8. The minimum atomic E-state index is -0.592. The van der Waals surface area contributed by atoms with Gasteiger partial charge in [-0.05, 0) is 36.0 Å². The number of aromatic hydroxyl groups is 2. The first-order valence-electron chi connectivity index (χ1n) is 5.49. The standard InChI is InChI=1S/C13H20O3/c1-13(2,3)7-6-10(14)9-4-5-11(15)12(16)8-9/h4-5,8,10,14-16H,6-7H2,1-3H3. The lowest BCUT2D eigenvalue weighted by atomic mass is 9.88. The van der Waals surface area contributed by atoms with Crippen LogP contribution in [0.25, 0.3) is 0 Å². The van der Waals surface area contributed by atoms with Gasteiger partial charge in [-0.1, -0.05) is 26.8 Å². The van der Waals surface area contributed by atoms with E-state index in [9.17, 15) is 10.2 Å². The molecule has 0 spiro atoms. The van der Waals surface area contributed by atoms with Gasteiger partial charge >= 0.3 is 0 Å². The van der Waals surface area contributed by atoms with Crippen molar-refractivity contribution in [3.8, 4) is 11.5 Å². The molecule has 90 valence electrons. The molecule has 0 bridgehead atoms. The van der Waals surface area contributed by atoms with E-state index in [1.807, 2.05) is 0 Å². The largest absolute Gasteiger partial charge is 0.504 e. The summed E-state index contributed by atoms with van der Waals surface area (Å²) < 4.78 is 0. The maximum absolute atomic E-state index is 9.91. The molecule has 3 heteroatoms. The number of aliphatic hydroxyl groups excluding tert-OH is 1. The van der Waals surface area contributed by atoms with Gasteiger partial charge < -0.3 is 15.3 Å². The van der Waals surface area contributed by atoms with Crippen molar-refractivity contribution < 1.29 is 15.3 Å². The lowest BCUT2D eigenvalue weighted by Crippen LogP contribution is -2.08. The first-order chi connectivity index (χ1) is 7.29. The molecule has 0 aliphatic rings. The van der Waals surface area contributed by atoms with Crippen LogP contribution in [0.4, 0.5) is 0 Å². The molecule has 0 heterocycles. The second kappa shape index (κ2) is 4.74. The Labute approximate surface area is 96.4 Å². The van der Waals surface area contributed by atoms with Gasteiger partial charge in [-0.25, -0.2) is 0 Å². The molecule has 1 aromatic carbocycles. The molecule has 0 fully saturated rings. The monoisotopic (exact) mass is 224 g/mol. The molecule has 0 amide bonds. The van der Waals surface area contributed by atoms with E-state index in [2.05, 4.69) is 20.8 Å². The average Bonchev–Trinajstić information content (AvgIpc) is 2.17. The van der Waals surface area contributed by atoms with Crippen molar-refractivity contribution in [3.63, 3.8) is 0 Å². The summed E-state index contributed by atoms with van der Waals surface area (Å²) in [7, 11) is 0. The van der Waals surface area contributed by atoms with E-state index in [1.165, 1.54) is 12.1 Å². The highest BCUT2D eigenvalue weighted by molar-refractivity contribution is 5.41. The fourth-order valence-corrected chi connectivity index (χ4v) is 1.48. The molecule has 0 aromatic heterocycles. The van der Waals surface area contributed by atoms with E-state index < -0.39 is 6.10 Å². The summed E-state index contributed by atoms with van der Waals surface area (Å²) in [5, 5.41) is 28.4. The summed E-state index contributed by atoms with van der Waals surface area (Å²) in [6.45, 7) is 6.36. The average molecular weight is 224 g/mol. The molecule has 3 N–H and O–H groups in total. The van der Waals surface area contributed by atoms with Crippen molar-refractivity contribution in [2.45, 2.75) is 39.7 Å². The van der Waals surface area contributed by atoms with Gasteiger partial charge in [-0.15, -0.1) is 0 Å². The first-order valence-corrected chi connectivity index (χ1v) is 5.49. The number of hydrogen-bond acceptors (Lipinski definition) is 3. The molecule has 0 saturated heterocycles. The Kier molecular flexibility index (Phi) is 3.81. The fraction of sp³-hybridized carbons (Fsp3) is 0.538. The van der Waals surface area contributed by atoms with Crippen molar-refractivity contribution in [3.05, 3.63) is 23.8 Å². The summed E-state index contributed by atoms with van der Waals surface area (Å²) in [6.07, 6.45) is 0.953. The molecule has 0 aliphatic heterocycles. The number of hydrogen-bond donors (Lipinski definition) is 3. The Bertz CT molecular complexity index is 353. The molecule has 0 aliphatic carbocycles. The van der Waals surface area contributed by atoms with Crippen molar-refractivity contribution in [2.75, 3.05) is 0 Å². The van der Waals surface area contributed by atoms with Gasteiger partial charge in [-0.3, -0.25) is 0 Å². The van der Waals surface area contributed by atoms with Crippen LogP contribution < -0.4 is 0 Å². The summed E-state index contributed by atoms with van der Waals surface area (Å²) in [5.74, 6) is -0.348. The van der Waals surface area contributed by atoms with Crippen LogP contribution in [0.15, 0.2) is 18.2 Å². The van der Waals surface area contributed by atoms with E-state index >= 15 is 0 Å². The molecule has 1 unspecified atom stereocenters. The van der Waals surface area contributed by atoms with Crippen LogP contribution in [0.2, 0.25) is 0 Å². The molecule has 1 rings (SSSR count). The predicted molar refractivity (Wildman–Crippen MR) is 63.4 cm³/mol. The molecule has 0 radical (unpaired) electrons. The Balaban J connectivity index is 2.66. The lowest BCUT2D eigenvalue weighted by Gasteiger charge is -2.20. The van der Waals surface area contributed by atoms with Crippen LogP contribution in [-0.4, -0.2) is 15.3 Å². The smallest absolute Gasteiger partial charge is 0.157 e. The van der Waals surface area contributed by atoms with Gasteiger partial charge in [0, 0.05) is 0 Å². The zero-order valence-corrected chi connectivity index (χ0v) is 10.1. The summed E-state index contributed by atoms with van der Waals surface area (Å²) in [4.78, 5) is 0. The molecule has 1 atom stereocenters. The van der Waals surface area contributed by atoms with E-state index in [0.29, 0.717) is 12.0 Å². The van der Waals surface area contributed by atoms with Crippen LogP contribution in [0.5, 0.6) is 11.5 Å². The third-order valence-electron chi connectivity index (χ3n) is 2.55. The normalized spacial score (nSPS) is 13.8. The second-order valence-electron chi connectivity index (χ2n) is 5.36. The third-order valence-corrected chi connectivity index (χ3v) is 2.55. The fourth-order valence-electron chi connectivity index (χ4n) is 1.48. The number of phenols is 2. The molecule has 16 heavy (non-hydrogen) atoms. The molecule has 0 saturated carbocycles. The Morgan fingerprint density at radius 2 is 1.75 bits per heavy atom. The predicted octanol–water partition coefficient (Wildman–Crippen LogP) is 2.96. The van der Waals surface area contributed by atoms with E-state index in [4.69, 9.17) is 5.11 Å². The Morgan fingerprint density at radius 1 is 1.12 bits per heavy atom. The van der Waals surface area contributed by atoms with E-state index in [0.717, 1.165) is 6.42 Å². The number of benzene rings is 1. The van der Waals surface area contributed by atoms with E-state index in [1.54, 1.807) is 6.07 Å². The molecule has 1 aromatic rings. The lowest BCUT2D eigenvalue weighted by molar-refractivity contribution is 0.147. The quantitative estimate of drug-likeness (QED) is 0.692. The van der Waals surface area contributed by atoms with Gasteiger partial charge in [0.2, 0.25) is 0 Å². The Morgan fingerprint density at radius 3 is 2.25 bits per heavy atom. The van der Waals surface area contributed by atoms with Crippen LogP contribution in [0.1, 0.15) is 45.3 Å². The highest BCUT2D eigenvalue weighted by Gasteiger charge is 2.15. The highest BCUT2D eigenvalue weighted by Crippen LogP contribution is 2.31. The number of aliphatic hydroxyl groups is 1. The second-order valence-corrected chi connectivity index (χ2v) is 5.36. The molecular weight excluding hydrogens is 204 g/mol. The topological polar surface area (TPSA) is 60.7 Å². The minimum Gasteiger partial charge on any atom is -0.504 e. The molecular formula is C13H20O3. The SMILES string of the molecule is CC(C)(C)CCC(O)c1ccc(O)c(O)c1. The summed E-state index contributed by atoms with van der Waals surface area (Å²) in [6, 6.07) is 4.43. The zero-order valence-electron chi connectivity index (χ0n) is 10.1. The summed E-state index contributed by atoms with van der Waals surface area (Å²) >= 11 is 0. The van der Waals surface area contributed by atoms with Crippen LogP contribution in [-0.2, 0) is 0 Å². The van der Waals surface area contributed by atoms with Gasteiger partial charge in [0.15, 0.2) is 11.5 Å². The van der Waals surface area contributed by atoms with Gasteiger partial charge in [0.25, 0.3) is 0 Å². The maximum Gasteiger partial charge on any atom is 0.157 e. The van der Waals surface area contributed by atoms with Crippen LogP contribution >= 0.6 is 0 Å². The van der Waals surface area contributed by atoms with Crippen molar-refractivity contribution in [1.29, 1.82) is 0 Å². The van der Waals surface area contributed by atoms with Crippen molar-refractivity contribution >= 4 is 0 Å². The maximum atomic E-state index is 9.91. The minimum absolute atomic E-state index is 0.160. The highest BCUT2D eigenvalue weighted by atomic mass is 16.3. The van der Waals surface area contributed by atoms with Crippen molar-refractivity contribution in [1.82, 2.24) is 0 Å². The van der Waals surface area contributed by atoms with Crippen LogP contribution in [0.3, 0.4) is 0 Å². The Hall–Kier alpha value is -1.22. The van der Waals surface area contributed by atoms with Gasteiger partial charge in [0.1, 0.15) is 0 Å². The summed E-state index contributed by atoms with van der Waals surface area (Å²) in [5.41, 5.74) is 0.819.